The van der Waals surface area contributed by atoms with E-state index in [1.807, 2.05) is 26.0 Å². The first-order valence-electron chi connectivity index (χ1n) is 3.85. The second-order valence-corrected chi connectivity index (χ2v) is 3.64. The van der Waals surface area contributed by atoms with Crippen molar-refractivity contribution in [3.63, 3.8) is 0 Å². The van der Waals surface area contributed by atoms with Crippen molar-refractivity contribution in [2.24, 2.45) is 0 Å². The zero-order valence-corrected chi connectivity index (χ0v) is 8.81. The van der Waals surface area contributed by atoms with E-state index in [0.717, 1.165) is 16.3 Å². The highest BCUT2D eigenvalue weighted by atomic mass is 79.9. The van der Waals surface area contributed by atoms with Crippen LogP contribution >= 0.6 is 15.9 Å². The maximum atomic E-state index is 10.3. The van der Waals surface area contributed by atoms with E-state index in [4.69, 9.17) is 0 Å². The van der Waals surface area contributed by atoms with Gasteiger partial charge in [0.25, 0.3) is 0 Å². The molecule has 0 radical (unpaired) electrons. The minimum atomic E-state index is 0.505. The third kappa shape index (κ3) is 1.75. The zero-order valence-electron chi connectivity index (χ0n) is 7.23. The third-order valence-corrected chi connectivity index (χ3v) is 3.22. The number of benzene rings is 1. The molecule has 0 unspecified atom stereocenters. The van der Waals surface area contributed by atoms with Gasteiger partial charge in [0, 0.05) is 10.9 Å². The Bertz CT molecular complexity index is 305. The quantitative estimate of drug-likeness (QED) is 0.710. The highest BCUT2D eigenvalue weighted by Gasteiger charge is 2.03. The molecule has 64 valence electrons. The van der Waals surface area contributed by atoms with Crippen molar-refractivity contribution < 1.29 is 4.79 Å². The highest BCUT2D eigenvalue weighted by Crippen LogP contribution is 2.23. The van der Waals surface area contributed by atoms with Crippen molar-refractivity contribution in [1.82, 2.24) is 0 Å². The summed E-state index contributed by atoms with van der Waals surface area (Å²) in [5, 5.41) is 0. The molecule has 0 aromatic heterocycles. The number of halogens is 1. The Labute approximate surface area is 80.9 Å². The molecule has 0 saturated heterocycles. The summed E-state index contributed by atoms with van der Waals surface area (Å²) in [6, 6.07) is 4.03. The first-order valence-corrected chi connectivity index (χ1v) is 4.64. The summed E-state index contributed by atoms with van der Waals surface area (Å²) in [6.07, 6.45) is 1.44. The van der Waals surface area contributed by atoms with Crippen LogP contribution in [0.25, 0.3) is 0 Å². The van der Waals surface area contributed by atoms with Crippen LogP contribution in [0.1, 0.15) is 16.7 Å². The van der Waals surface area contributed by atoms with Crippen LogP contribution in [0, 0.1) is 13.8 Å². The van der Waals surface area contributed by atoms with Crippen LogP contribution in [0.4, 0.5) is 0 Å². The summed E-state index contributed by atoms with van der Waals surface area (Å²) in [4.78, 5) is 10.3. The average Bonchev–Trinajstić information content (AvgIpc) is 2.07. The molecule has 12 heavy (non-hydrogen) atoms. The molecule has 0 atom stereocenters. The van der Waals surface area contributed by atoms with Crippen molar-refractivity contribution >= 4 is 22.2 Å². The SMILES string of the molecule is Cc1ccc(CC=O)c(C)c1Br. The number of aryl methyl sites for hydroxylation is 1. The molecular formula is C10H11BrO. The Morgan fingerprint density at radius 1 is 1.42 bits per heavy atom. The lowest BCUT2D eigenvalue weighted by atomic mass is 10.0. The largest absolute Gasteiger partial charge is 0.303 e. The average molecular weight is 227 g/mol. The van der Waals surface area contributed by atoms with E-state index >= 15 is 0 Å². The fourth-order valence-electron chi connectivity index (χ4n) is 1.17. The summed E-state index contributed by atoms with van der Waals surface area (Å²) in [5.41, 5.74) is 3.48. The van der Waals surface area contributed by atoms with Crippen LogP contribution in [0.2, 0.25) is 0 Å². The Kier molecular flexibility index (Phi) is 3.04. The van der Waals surface area contributed by atoms with E-state index in [1.165, 1.54) is 11.1 Å². The van der Waals surface area contributed by atoms with E-state index in [1.54, 1.807) is 0 Å². The number of hydrogen-bond acceptors (Lipinski definition) is 1. The summed E-state index contributed by atoms with van der Waals surface area (Å²) in [5.74, 6) is 0. The lowest BCUT2D eigenvalue weighted by Crippen LogP contribution is -1.92. The van der Waals surface area contributed by atoms with Gasteiger partial charge in [-0.15, -0.1) is 0 Å². The van der Waals surface area contributed by atoms with Gasteiger partial charge in [0.05, 0.1) is 0 Å². The molecule has 0 aliphatic rings. The number of aldehydes is 1. The predicted octanol–water partition coefficient (Wildman–Crippen LogP) is 2.81. The summed E-state index contributed by atoms with van der Waals surface area (Å²) in [6.45, 7) is 4.07. The highest BCUT2D eigenvalue weighted by molar-refractivity contribution is 9.10. The Morgan fingerprint density at radius 2 is 2.08 bits per heavy atom. The maximum absolute atomic E-state index is 10.3. The minimum absolute atomic E-state index is 0.505. The minimum Gasteiger partial charge on any atom is -0.303 e. The van der Waals surface area contributed by atoms with Gasteiger partial charge in [-0.2, -0.15) is 0 Å². The molecule has 0 fully saturated rings. The molecule has 0 saturated carbocycles. The lowest BCUT2D eigenvalue weighted by Gasteiger charge is -2.06. The molecule has 0 spiro atoms. The fraction of sp³-hybridized carbons (Fsp3) is 0.300. The van der Waals surface area contributed by atoms with Crippen LogP contribution in [-0.2, 0) is 11.2 Å². The molecule has 0 heterocycles. The van der Waals surface area contributed by atoms with E-state index in [9.17, 15) is 4.79 Å². The number of hydrogen-bond donors (Lipinski definition) is 0. The number of carbonyl (C=O) groups excluding carboxylic acids is 1. The molecule has 2 heteroatoms. The monoisotopic (exact) mass is 226 g/mol. The van der Waals surface area contributed by atoms with Crippen molar-refractivity contribution in [3.05, 3.63) is 33.3 Å². The second kappa shape index (κ2) is 3.85. The molecule has 0 aliphatic heterocycles. The lowest BCUT2D eigenvalue weighted by molar-refractivity contribution is -0.107. The van der Waals surface area contributed by atoms with Gasteiger partial charge in [-0.25, -0.2) is 0 Å². The van der Waals surface area contributed by atoms with Gasteiger partial charge in [-0.3, -0.25) is 0 Å². The zero-order chi connectivity index (χ0) is 9.14. The number of carbonyl (C=O) groups is 1. The summed E-state index contributed by atoms with van der Waals surface area (Å²) < 4.78 is 1.11. The van der Waals surface area contributed by atoms with Gasteiger partial charge >= 0.3 is 0 Å². The Morgan fingerprint density at radius 3 is 2.67 bits per heavy atom. The Balaban J connectivity index is 3.16. The molecule has 1 nitrogen and oxygen atoms in total. The topological polar surface area (TPSA) is 17.1 Å². The van der Waals surface area contributed by atoms with E-state index in [-0.39, 0.29) is 0 Å². The van der Waals surface area contributed by atoms with Gasteiger partial charge in [-0.1, -0.05) is 28.1 Å². The van der Waals surface area contributed by atoms with Gasteiger partial charge in [0.15, 0.2) is 0 Å². The van der Waals surface area contributed by atoms with Crippen LogP contribution in [-0.4, -0.2) is 6.29 Å². The van der Waals surface area contributed by atoms with Crippen LogP contribution in [0.15, 0.2) is 16.6 Å². The van der Waals surface area contributed by atoms with Crippen LogP contribution in [0.5, 0.6) is 0 Å². The smallest absolute Gasteiger partial charge is 0.124 e. The molecule has 0 aliphatic carbocycles. The van der Waals surface area contributed by atoms with Gasteiger partial charge in [-0.05, 0) is 30.5 Å². The third-order valence-electron chi connectivity index (χ3n) is 1.99. The molecule has 1 aromatic carbocycles. The molecule has 0 bridgehead atoms. The van der Waals surface area contributed by atoms with Gasteiger partial charge in [0.2, 0.25) is 0 Å². The maximum Gasteiger partial charge on any atom is 0.124 e. The van der Waals surface area contributed by atoms with Gasteiger partial charge in [0.1, 0.15) is 6.29 Å². The van der Waals surface area contributed by atoms with Crippen molar-refractivity contribution in [1.29, 1.82) is 0 Å². The standard InChI is InChI=1S/C10H11BrO/c1-7-3-4-9(5-6-12)8(2)10(7)11/h3-4,6H,5H2,1-2H3. The first-order chi connectivity index (χ1) is 5.66. The second-order valence-electron chi connectivity index (χ2n) is 2.85. The molecule has 1 aromatic rings. The molecule has 0 N–H and O–H groups in total. The molecule has 0 amide bonds. The van der Waals surface area contributed by atoms with Crippen LogP contribution in [0.3, 0.4) is 0 Å². The number of rotatable bonds is 2. The predicted molar refractivity (Wildman–Crippen MR) is 53.4 cm³/mol. The van der Waals surface area contributed by atoms with Crippen LogP contribution < -0.4 is 0 Å². The fourth-order valence-corrected chi connectivity index (χ4v) is 1.56. The van der Waals surface area contributed by atoms with E-state index in [0.29, 0.717) is 6.42 Å². The first kappa shape index (κ1) is 9.46. The van der Waals surface area contributed by atoms with Crippen molar-refractivity contribution in [3.8, 4) is 0 Å². The normalized spacial score (nSPS) is 9.92. The molecular weight excluding hydrogens is 216 g/mol. The molecule has 1 rings (SSSR count). The van der Waals surface area contributed by atoms with E-state index < -0.39 is 0 Å². The van der Waals surface area contributed by atoms with Crippen molar-refractivity contribution in [2.75, 3.05) is 0 Å². The summed E-state index contributed by atoms with van der Waals surface area (Å²) in [7, 11) is 0. The Hall–Kier alpha value is -0.630. The summed E-state index contributed by atoms with van der Waals surface area (Å²) >= 11 is 3.48. The van der Waals surface area contributed by atoms with Gasteiger partial charge < -0.3 is 4.79 Å². The van der Waals surface area contributed by atoms with E-state index in [2.05, 4.69) is 15.9 Å². The van der Waals surface area contributed by atoms with Crippen molar-refractivity contribution in [2.45, 2.75) is 20.3 Å².